The number of hydrogen-bond donors (Lipinski definition) is 1. The summed E-state index contributed by atoms with van der Waals surface area (Å²) in [6.07, 6.45) is 1.82. The van der Waals surface area contributed by atoms with E-state index in [4.69, 9.17) is 4.74 Å². The molecule has 8 nitrogen and oxygen atoms in total. The minimum Gasteiger partial charge on any atom is -0.383 e. The molecule has 1 aromatic rings. The van der Waals surface area contributed by atoms with Gasteiger partial charge in [-0.25, -0.2) is 13.4 Å². The van der Waals surface area contributed by atoms with Gasteiger partial charge in [0, 0.05) is 32.0 Å². The fourth-order valence-corrected chi connectivity index (χ4v) is 4.82. The molecule has 2 heterocycles. The Kier molecular flexibility index (Phi) is 6.19. The summed E-state index contributed by atoms with van der Waals surface area (Å²) in [6, 6.07) is 0.978. The van der Waals surface area contributed by atoms with Crippen molar-refractivity contribution < 1.29 is 17.9 Å². The van der Waals surface area contributed by atoms with Crippen LogP contribution in [0.4, 0.5) is 0 Å². The number of carbonyl (C=O) groups is 1. The van der Waals surface area contributed by atoms with Gasteiger partial charge < -0.3 is 14.6 Å². The lowest BCUT2D eigenvalue weighted by molar-refractivity contribution is -0.130. The zero-order chi connectivity index (χ0) is 16.9. The van der Waals surface area contributed by atoms with Crippen molar-refractivity contribution >= 4 is 27.5 Å². The van der Waals surface area contributed by atoms with Crippen molar-refractivity contribution in [1.29, 1.82) is 0 Å². The van der Waals surface area contributed by atoms with Crippen LogP contribution in [0, 0.1) is 0 Å². The van der Waals surface area contributed by atoms with Crippen molar-refractivity contribution in [3.05, 3.63) is 22.6 Å². The summed E-state index contributed by atoms with van der Waals surface area (Å²) in [5.41, 5.74) is -0.284. The van der Waals surface area contributed by atoms with Crippen molar-refractivity contribution in [1.82, 2.24) is 14.9 Å². The molecule has 10 heteroatoms. The molecule has 1 amide bonds. The lowest BCUT2D eigenvalue weighted by atomic mass is 10.2. The van der Waals surface area contributed by atoms with E-state index in [9.17, 15) is 18.0 Å². The molecule has 0 bridgehead atoms. The Hall–Kier alpha value is -1.39. The molecule has 1 aliphatic rings. The predicted molar refractivity (Wildman–Crippen MR) is 86.2 cm³/mol. The Labute approximate surface area is 138 Å². The third kappa shape index (κ3) is 5.33. The van der Waals surface area contributed by atoms with Crippen LogP contribution < -0.4 is 5.56 Å². The maximum atomic E-state index is 12.4. The lowest BCUT2D eigenvalue weighted by Crippen LogP contribution is -2.44. The standard InChI is InChI=1S/C13H19N3O5S2/c1-21-6-5-16(10-3-7-23(19,20)9-10)12(18)8-22-13-14-4-2-11(17)15-13/h2,4,10H,3,5-9H2,1H3,(H,14,15,17)/t10-/m0/s1. The highest BCUT2D eigenvalue weighted by Gasteiger charge is 2.34. The first kappa shape index (κ1) is 18.0. The van der Waals surface area contributed by atoms with Crippen LogP contribution in [0.1, 0.15) is 6.42 Å². The van der Waals surface area contributed by atoms with Crippen LogP contribution >= 0.6 is 11.8 Å². The molecule has 1 N–H and O–H groups in total. The minimum atomic E-state index is -3.07. The van der Waals surface area contributed by atoms with Gasteiger partial charge in [-0.3, -0.25) is 9.59 Å². The van der Waals surface area contributed by atoms with Crippen molar-refractivity contribution in [2.45, 2.75) is 17.6 Å². The number of thioether (sulfide) groups is 1. The van der Waals surface area contributed by atoms with E-state index in [-0.39, 0.29) is 34.8 Å². The van der Waals surface area contributed by atoms with Gasteiger partial charge in [-0.2, -0.15) is 0 Å². The van der Waals surface area contributed by atoms with Gasteiger partial charge in [0.15, 0.2) is 15.0 Å². The van der Waals surface area contributed by atoms with E-state index in [2.05, 4.69) is 9.97 Å². The Morgan fingerprint density at radius 2 is 2.35 bits per heavy atom. The lowest BCUT2D eigenvalue weighted by Gasteiger charge is -2.27. The van der Waals surface area contributed by atoms with Crippen LogP contribution in [0.5, 0.6) is 0 Å². The zero-order valence-electron chi connectivity index (χ0n) is 12.7. The highest BCUT2D eigenvalue weighted by molar-refractivity contribution is 7.99. The van der Waals surface area contributed by atoms with E-state index in [0.717, 1.165) is 11.8 Å². The molecule has 1 atom stereocenters. The number of aromatic amines is 1. The van der Waals surface area contributed by atoms with E-state index in [1.165, 1.54) is 19.4 Å². The van der Waals surface area contributed by atoms with Crippen LogP contribution in [0.15, 0.2) is 22.2 Å². The summed E-state index contributed by atoms with van der Waals surface area (Å²) in [5.74, 6) is -0.0174. The molecule has 23 heavy (non-hydrogen) atoms. The summed E-state index contributed by atoms with van der Waals surface area (Å²) < 4.78 is 28.3. The Bertz CT molecular complexity index is 704. The van der Waals surface area contributed by atoms with Crippen LogP contribution in [-0.4, -0.2) is 72.8 Å². The topological polar surface area (TPSA) is 109 Å². The first-order chi connectivity index (χ1) is 10.9. The van der Waals surface area contributed by atoms with E-state index in [1.54, 1.807) is 4.90 Å². The molecule has 0 unspecified atom stereocenters. The second-order valence-corrected chi connectivity index (χ2v) is 8.36. The summed E-state index contributed by atoms with van der Waals surface area (Å²) in [5, 5.41) is 0.358. The normalized spacial score (nSPS) is 19.6. The van der Waals surface area contributed by atoms with E-state index < -0.39 is 9.84 Å². The molecule has 1 aliphatic heterocycles. The third-order valence-electron chi connectivity index (χ3n) is 3.49. The van der Waals surface area contributed by atoms with E-state index in [0.29, 0.717) is 24.7 Å². The van der Waals surface area contributed by atoms with Crippen molar-refractivity contribution in [2.24, 2.45) is 0 Å². The highest BCUT2D eigenvalue weighted by atomic mass is 32.2. The summed E-state index contributed by atoms with van der Waals surface area (Å²) in [6.45, 7) is 0.683. The molecular formula is C13H19N3O5S2. The fourth-order valence-electron chi connectivity index (χ4n) is 2.36. The molecule has 0 spiro atoms. The molecule has 1 fully saturated rings. The number of methoxy groups -OCH3 is 1. The molecule has 0 aromatic carbocycles. The molecule has 1 saturated heterocycles. The number of sulfone groups is 1. The number of carbonyl (C=O) groups excluding carboxylic acids is 1. The van der Waals surface area contributed by atoms with Crippen molar-refractivity contribution in [2.75, 3.05) is 37.5 Å². The number of nitrogens with one attached hydrogen (secondary N) is 1. The number of hydrogen-bond acceptors (Lipinski definition) is 7. The predicted octanol–water partition coefficient (Wildman–Crippen LogP) is -0.476. The van der Waals surface area contributed by atoms with Gasteiger partial charge in [0.1, 0.15) is 0 Å². The number of H-pyrrole nitrogens is 1. The molecule has 1 aromatic heterocycles. The second kappa shape index (κ2) is 7.93. The fraction of sp³-hybridized carbons (Fsp3) is 0.615. The Morgan fingerprint density at radius 1 is 1.57 bits per heavy atom. The third-order valence-corrected chi connectivity index (χ3v) is 6.11. The first-order valence-electron chi connectivity index (χ1n) is 7.08. The summed E-state index contributed by atoms with van der Waals surface area (Å²) >= 11 is 1.12. The van der Waals surface area contributed by atoms with Crippen LogP contribution in [0.3, 0.4) is 0 Å². The van der Waals surface area contributed by atoms with Crippen molar-refractivity contribution in [3.63, 3.8) is 0 Å². The number of ether oxygens (including phenoxy) is 1. The number of nitrogens with zero attached hydrogens (tertiary/aromatic N) is 2. The molecule has 0 saturated carbocycles. The average molecular weight is 361 g/mol. The molecule has 2 rings (SSSR count). The smallest absolute Gasteiger partial charge is 0.251 e. The number of aromatic nitrogens is 2. The second-order valence-electron chi connectivity index (χ2n) is 5.16. The first-order valence-corrected chi connectivity index (χ1v) is 9.89. The summed E-state index contributed by atoms with van der Waals surface area (Å²) in [7, 11) is -1.54. The van der Waals surface area contributed by atoms with Gasteiger partial charge in [0.05, 0.1) is 23.9 Å². The van der Waals surface area contributed by atoms with Crippen LogP contribution in [0.2, 0.25) is 0 Å². The number of amides is 1. The van der Waals surface area contributed by atoms with Gasteiger partial charge in [-0.15, -0.1) is 0 Å². The monoisotopic (exact) mass is 361 g/mol. The maximum Gasteiger partial charge on any atom is 0.251 e. The molecule has 0 radical (unpaired) electrons. The minimum absolute atomic E-state index is 0.00641. The molecule has 128 valence electrons. The zero-order valence-corrected chi connectivity index (χ0v) is 14.4. The van der Waals surface area contributed by atoms with Gasteiger partial charge in [-0.05, 0) is 6.42 Å². The average Bonchev–Trinajstić information content (AvgIpc) is 2.85. The molecule has 0 aliphatic carbocycles. The number of rotatable bonds is 7. The van der Waals surface area contributed by atoms with Crippen molar-refractivity contribution in [3.8, 4) is 0 Å². The Balaban J connectivity index is 2.00. The van der Waals surface area contributed by atoms with E-state index in [1.807, 2.05) is 0 Å². The largest absolute Gasteiger partial charge is 0.383 e. The van der Waals surface area contributed by atoms with Gasteiger partial charge in [-0.1, -0.05) is 11.8 Å². The highest BCUT2D eigenvalue weighted by Crippen LogP contribution is 2.20. The quantitative estimate of drug-likeness (QED) is 0.516. The maximum absolute atomic E-state index is 12.4. The SMILES string of the molecule is COCCN(C(=O)CSc1nccc(=O)[nH]1)[C@H]1CCS(=O)(=O)C1. The van der Waals surface area contributed by atoms with Crippen LogP contribution in [0.25, 0.3) is 0 Å². The molecular weight excluding hydrogens is 342 g/mol. The van der Waals surface area contributed by atoms with E-state index >= 15 is 0 Å². The van der Waals surface area contributed by atoms with Gasteiger partial charge in [0.25, 0.3) is 5.56 Å². The Morgan fingerprint density at radius 3 is 2.96 bits per heavy atom. The van der Waals surface area contributed by atoms with Crippen LogP contribution in [-0.2, 0) is 19.4 Å². The van der Waals surface area contributed by atoms with Gasteiger partial charge >= 0.3 is 0 Å². The summed E-state index contributed by atoms with van der Waals surface area (Å²) in [4.78, 5) is 31.7. The van der Waals surface area contributed by atoms with Gasteiger partial charge in [0.2, 0.25) is 5.91 Å².